The zero-order chi connectivity index (χ0) is 9.52. The van der Waals surface area contributed by atoms with E-state index in [-0.39, 0.29) is 0 Å². The van der Waals surface area contributed by atoms with Gasteiger partial charge in [0.05, 0.1) is 0 Å². The fourth-order valence-corrected chi connectivity index (χ4v) is 1.76. The molecule has 0 unspecified atom stereocenters. The van der Waals surface area contributed by atoms with Crippen LogP contribution in [0.5, 0.6) is 0 Å². The van der Waals surface area contributed by atoms with E-state index in [0.29, 0.717) is 5.56 Å². The molecular weight excluding hydrogens is 180 g/mol. The van der Waals surface area contributed by atoms with Crippen molar-refractivity contribution < 1.29 is 4.79 Å². The van der Waals surface area contributed by atoms with Crippen molar-refractivity contribution in [2.24, 2.45) is 0 Å². The number of carbonyl (C=O) groups is 1. The molecule has 0 heterocycles. The van der Waals surface area contributed by atoms with Gasteiger partial charge in [0.25, 0.3) is 0 Å². The number of aldehydes is 1. The molecule has 0 spiro atoms. The maximum atomic E-state index is 10.4. The van der Waals surface area contributed by atoms with Crippen LogP contribution in [-0.2, 0) is 0 Å². The van der Waals surface area contributed by atoms with Gasteiger partial charge in [-0.1, -0.05) is 12.1 Å². The van der Waals surface area contributed by atoms with Crippen LogP contribution in [-0.4, -0.2) is 12.0 Å². The molecule has 0 amide bonds. The van der Waals surface area contributed by atoms with E-state index in [1.165, 1.54) is 0 Å². The molecule has 13 heavy (non-hydrogen) atoms. The predicted octanol–water partition coefficient (Wildman–Crippen LogP) is 2.61. The molecule has 0 aliphatic carbocycles. The Morgan fingerprint density at radius 2 is 2.38 bits per heavy atom. The molecule has 0 N–H and O–H groups in total. The predicted molar refractivity (Wildman–Crippen MR) is 56.0 cm³/mol. The van der Waals surface area contributed by atoms with Crippen LogP contribution in [0.15, 0.2) is 29.2 Å². The highest BCUT2D eigenvalue weighted by Crippen LogP contribution is 2.18. The van der Waals surface area contributed by atoms with Crippen LogP contribution < -0.4 is 0 Å². The Morgan fingerprint density at radius 1 is 1.54 bits per heavy atom. The van der Waals surface area contributed by atoms with E-state index in [2.05, 4.69) is 5.92 Å². The highest BCUT2D eigenvalue weighted by atomic mass is 32.2. The SMILES string of the molecule is C#CCCSc1cccc(C=O)c1. The van der Waals surface area contributed by atoms with Gasteiger partial charge in [-0.2, -0.15) is 0 Å². The van der Waals surface area contributed by atoms with Crippen LogP contribution in [0.1, 0.15) is 16.8 Å². The molecule has 0 saturated carbocycles. The third-order valence-electron chi connectivity index (χ3n) is 1.51. The molecule has 0 radical (unpaired) electrons. The second kappa shape index (κ2) is 5.45. The lowest BCUT2D eigenvalue weighted by atomic mass is 10.2. The summed E-state index contributed by atoms with van der Waals surface area (Å²) in [6.07, 6.45) is 6.74. The van der Waals surface area contributed by atoms with E-state index in [0.717, 1.165) is 23.4 Å². The number of carbonyl (C=O) groups excluding carboxylic acids is 1. The van der Waals surface area contributed by atoms with E-state index in [4.69, 9.17) is 6.42 Å². The third kappa shape index (κ3) is 3.35. The fraction of sp³-hybridized carbons (Fsp3) is 0.182. The largest absolute Gasteiger partial charge is 0.298 e. The molecule has 1 aromatic carbocycles. The monoisotopic (exact) mass is 190 g/mol. The second-order valence-corrected chi connectivity index (χ2v) is 3.66. The number of hydrogen-bond donors (Lipinski definition) is 0. The van der Waals surface area contributed by atoms with E-state index in [9.17, 15) is 4.79 Å². The van der Waals surface area contributed by atoms with Gasteiger partial charge in [-0.05, 0) is 12.1 Å². The molecule has 1 aromatic rings. The van der Waals surface area contributed by atoms with Crippen LogP contribution in [0.25, 0.3) is 0 Å². The molecule has 0 saturated heterocycles. The number of hydrogen-bond acceptors (Lipinski definition) is 2. The number of terminal acetylenes is 1. The summed E-state index contributed by atoms with van der Waals surface area (Å²) in [5, 5.41) is 0. The van der Waals surface area contributed by atoms with E-state index < -0.39 is 0 Å². The highest BCUT2D eigenvalue weighted by molar-refractivity contribution is 7.99. The molecule has 0 aromatic heterocycles. The van der Waals surface area contributed by atoms with Crippen molar-refractivity contribution in [2.75, 3.05) is 5.75 Å². The summed E-state index contributed by atoms with van der Waals surface area (Å²) in [4.78, 5) is 11.5. The van der Waals surface area contributed by atoms with Gasteiger partial charge in [0.1, 0.15) is 6.29 Å². The van der Waals surface area contributed by atoms with Gasteiger partial charge in [0.15, 0.2) is 0 Å². The Morgan fingerprint density at radius 3 is 3.08 bits per heavy atom. The van der Waals surface area contributed by atoms with Gasteiger partial charge in [-0.15, -0.1) is 24.1 Å². The summed E-state index contributed by atoms with van der Waals surface area (Å²) in [7, 11) is 0. The van der Waals surface area contributed by atoms with Gasteiger partial charge in [-0.3, -0.25) is 4.79 Å². The fourth-order valence-electron chi connectivity index (χ4n) is 0.905. The summed E-state index contributed by atoms with van der Waals surface area (Å²) in [6.45, 7) is 0. The third-order valence-corrected chi connectivity index (χ3v) is 2.50. The van der Waals surface area contributed by atoms with E-state index >= 15 is 0 Å². The minimum atomic E-state index is 0.714. The molecule has 2 heteroatoms. The normalized spacial score (nSPS) is 9.15. The van der Waals surface area contributed by atoms with Crippen LogP contribution in [0, 0.1) is 12.3 Å². The lowest BCUT2D eigenvalue weighted by Gasteiger charge is -1.98. The molecule has 0 atom stereocenters. The summed E-state index contributed by atoms with van der Waals surface area (Å²) in [5.41, 5.74) is 0.714. The van der Waals surface area contributed by atoms with Crippen LogP contribution in [0.2, 0.25) is 0 Å². The second-order valence-electron chi connectivity index (χ2n) is 2.49. The minimum Gasteiger partial charge on any atom is -0.298 e. The maximum Gasteiger partial charge on any atom is 0.150 e. The standard InChI is InChI=1S/C11H10OS/c1-2-3-7-13-11-6-4-5-10(8-11)9-12/h1,4-6,8-9H,3,7H2. The first-order valence-electron chi connectivity index (χ1n) is 3.98. The molecule has 0 aliphatic rings. The minimum absolute atomic E-state index is 0.714. The Labute approximate surface area is 82.5 Å². The zero-order valence-electron chi connectivity index (χ0n) is 7.19. The molecule has 0 aliphatic heterocycles. The average Bonchev–Trinajstić information content (AvgIpc) is 2.19. The molecular formula is C11H10OS. The van der Waals surface area contributed by atoms with Gasteiger partial charge in [0.2, 0.25) is 0 Å². The Balaban J connectivity index is 2.57. The number of benzene rings is 1. The molecule has 1 nitrogen and oxygen atoms in total. The van der Waals surface area contributed by atoms with Crippen molar-refractivity contribution in [3.63, 3.8) is 0 Å². The van der Waals surface area contributed by atoms with Crippen molar-refractivity contribution in [1.82, 2.24) is 0 Å². The maximum absolute atomic E-state index is 10.4. The lowest BCUT2D eigenvalue weighted by molar-refractivity contribution is 0.112. The first kappa shape index (κ1) is 9.88. The van der Waals surface area contributed by atoms with E-state index in [1.54, 1.807) is 17.8 Å². The van der Waals surface area contributed by atoms with Crippen molar-refractivity contribution in [2.45, 2.75) is 11.3 Å². The average molecular weight is 190 g/mol. The first-order valence-corrected chi connectivity index (χ1v) is 4.97. The Bertz CT molecular complexity index is 325. The molecule has 0 fully saturated rings. The Hall–Kier alpha value is -1.20. The quantitative estimate of drug-likeness (QED) is 0.314. The highest BCUT2D eigenvalue weighted by Gasteiger charge is 1.94. The van der Waals surface area contributed by atoms with Gasteiger partial charge < -0.3 is 0 Å². The summed E-state index contributed by atoms with van der Waals surface area (Å²) < 4.78 is 0. The van der Waals surface area contributed by atoms with Gasteiger partial charge in [0, 0.05) is 22.6 Å². The van der Waals surface area contributed by atoms with Gasteiger partial charge >= 0.3 is 0 Å². The van der Waals surface area contributed by atoms with E-state index in [1.807, 2.05) is 18.2 Å². The van der Waals surface area contributed by atoms with Crippen molar-refractivity contribution in [1.29, 1.82) is 0 Å². The number of rotatable bonds is 4. The van der Waals surface area contributed by atoms with Crippen molar-refractivity contribution in [3.05, 3.63) is 29.8 Å². The Kier molecular flexibility index (Phi) is 4.14. The van der Waals surface area contributed by atoms with Gasteiger partial charge in [-0.25, -0.2) is 0 Å². The summed E-state index contributed by atoms with van der Waals surface area (Å²) in [5.74, 6) is 3.48. The molecule has 1 rings (SSSR count). The first-order chi connectivity index (χ1) is 6.36. The smallest absolute Gasteiger partial charge is 0.150 e. The van der Waals surface area contributed by atoms with Crippen LogP contribution in [0.3, 0.4) is 0 Å². The zero-order valence-corrected chi connectivity index (χ0v) is 8.01. The van der Waals surface area contributed by atoms with Crippen LogP contribution >= 0.6 is 11.8 Å². The topological polar surface area (TPSA) is 17.1 Å². The molecule has 0 bridgehead atoms. The summed E-state index contributed by atoms with van der Waals surface area (Å²) in [6, 6.07) is 7.52. The van der Waals surface area contributed by atoms with Crippen LogP contribution in [0.4, 0.5) is 0 Å². The molecule has 66 valence electrons. The summed E-state index contributed by atoms with van der Waals surface area (Å²) >= 11 is 1.67. The number of thioether (sulfide) groups is 1. The van der Waals surface area contributed by atoms with Crippen molar-refractivity contribution in [3.8, 4) is 12.3 Å². The lowest BCUT2D eigenvalue weighted by Crippen LogP contribution is -1.81. The van der Waals surface area contributed by atoms with Crippen molar-refractivity contribution >= 4 is 18.0 Å².